The molecule has 1 aromatic carbocycles. The van der Waals surface area contributed by atoms with Crippen LogP contribution in [0.5, 0.6) is 0 Å². The summed E-state index contributed by atoms with van der Waals surface area (Å²) in [6.45, 7) is 1.31. The molecule has 0 unspecified atom stereocenters. The van der Waals surface area contributed by atoms with Crippen molar-refractivity contribution in [3.05, 3.63) is 53.9 Å². The Kier molecular flexibility index (Phi) is 4.11. The minimum absolute atomic E-state index is 0.330. The van der Waals surface area contributed by atoms with Crippen LogP contribution in [0, 0.1) is 0 Å². The van der Waals surface area contributed by atoms with Gasteiger partial charge < -0.3 is 4.57 Å². The Morgan fingerprint density at radius 3 is 2.71 bits per heavy atom. The highest BCUT2D eigenvalue weighted by Crippen LogP contribution is 2.30. The van der Waals surface area contributed by atoms with Crippen molar-refractivity contribution in [3.63, 3.8) is 0 Å². The molecule has 0 aliphatic rings. The Bertz CT molecular complexity index is 674. The lowest BCUT2D eigenvalue weighted by Gasteiger charge is -2.10. The van der Waals surface area contributed by atoms with Gasteiger partial charge in [-0.15, -0.1) is 0 Å². The fraction of sp³-hybridized carbons (Fsp3) is 0.143. The predicted molar refractivity (Wildman–Crippen MR) is 72.2 cm³/mol. The molecule has 0 bridgehead atoms. The summed E-state index contributed by atoms with van der Waals surface area (Å²) in [6.07, 6.45) is -1.42. The summed E-state index contributed by atoms with van der Waals surface area (Å²) in [4.78, 5) is 10.7. The molecule has 2 rings (SSSR count). The number of nitrogens with one attached hydrogen (secondary N) is 1. The van der Waals surface area contributed by atoms with Crippen molar-refractivity contribution in [1.29, 1.82) is 0 Å². The third kappa shape index (κ3) is 3.71. The van der Waals surface area contributed by atoms with Gasteiger partial charge in [0.25, 0.3) is 0 Å². The fourth-order valence-electron chi connectivity index (χ4n) is 1.76. The Labute approximate surface area is 118 Å². The van der Waals surface area contributed by atoms with Crippen LogP contribution in [0.4, 0.5) is 13.2 Å². The molecule has 1 N–H and O–H groups in total. The lowest BCUT2D eigenvalue weighted by atomic mass is 10.2. The van der Waals surface area contributed by atoms with E-state index in [4.69, 9.17) is 0 Å². The van der Waals surface area contributed by atoms with Gasteiger partial charge in [-0.2, -0.15) is 18.3 Å². The number of alkyl halides is 3. The molecule has 21 heavy (non-hydrogen) atoms. The molecule has 0 aliphatic carbocycles. The highest BCUT2D eigenvalue weighted by Gasteiger charge is 2.30. The predicted octanol–water partition coefficient (Wildman–Crippen LogP) is 2.97. The summed E-state index contributed by atoms with van der Waals surface area (Å²) < 4.78 is 39.7. The molecule has 0 saturated carbocycles. The molecule has 1 aromatic heterocycles. The lowest BCUT2D eigenvalue weighted by Crippen LogP contribution is -2.13. The van der Waals surface area contributed by atoms with E-state index in [1.54, 1.807) is 29.0 Å². The van der Waals surface area contributed by atoms with Crippen molar-refractivity contribution in [1.82, 2.24) is 9.99 Å². The van der Waals surface area contributed by atoms with Crippen LogP contribution in [0.2, 0.25) is 0 Å². The highest BCUT2D eigenvalue weighted by molar-refractivity contribution is 5.81. The van der Waals surface area contributed by atoms with Gasteiger partial charge in [-0.05, 0) is 30.3 Å². The van der Waals surface area contributed by atoms with Crippen LogP contribution in [0.1, 0.15) is 18.2 Å². The van der Waals surface area contributed by atoms with Crippen LogP contribution in [0.3, 0.4) is 0 Å². The molecule has 0 fully saturated rings. The summed E-state index contributed by atoms with van der Waals surface area (Å²) in [6, 6.07) is 8.31. The maximum atomic E-state index is 12.7. The normalized spacial score (nSPS) is 11.8. The number of carbonyl (C=O) groups is 1. The van der Waals surface area contributed by atoms with Gasteiger partial charge >= 0.3 is 6.18 Å². The molecule has 0 radical (unpaired) electrons. The molecule has 1 heterocycles. The number of rotatable bonds is 3. The van der Waals surface area contributed by atoms with Gasteiger partial charge in [0.2, 0.25) is 5.91 Å². The highest BCUT2D eigenvalue weighted by atomic mass is 19.4. The molecule has 0 aliphatic heterocycles. The molecular weight excluding hydrogens is 283 g/mol. The van der Waals surface area contributed by atoms with Crippen LogP contribution in [0.15, 0.2) is 47.7 Å². The standard InChI is InChI=1S/C14H12F3N3O/c1-10(21)19-18-9-13-6-3-7-20(13)12-5-2-4-11(8-12)14(15,16)17/h2-9H,1H3,(H,19,21)/b18-9-. The summed E-state index contributed by atoms with van der Waals surface area (Å²) in [5.41, 5.74) is 2.42. The minimum atomic E-state index is -4.40. The summed E-state index contributed by atoms with van der Waals surface area (Å²) in [7, 11) is 0. The third-order valence-corrected chi connectivity index (χ3v) is 2.65. The van der Waals surface area contributed by atoms with E-state index in [-0.39, 0.29) is 5.91 Å². The van der Waals surface area contributed by atoms with E-state index in [2.05, 4.69) is 10.5 Å². The number of hydrogen-bond donors (Lipinski definition) is 1. The first-order valence-electron chi connectivity index (χ1n) is 6.02. The molecule has 0 atom stereocenters. The molecule has 1 amide bonds. The monoisotopic (exact) mass is 295 g/mol. The molecule has 4 nitrogen and oxygen atoms in total. The number of benzene rings is 1. The first-order chi connectivity index (χ1) is 9.88. The topological polar surface area (TPSA) is 46.4 Å². The van der Waals surface area contributed by atoms with Gasteiger partial charge in [0.1, 0.15) is 0 Å². The first kappa shape index (κ1) is 14.8. The van der Waals surface area contributed by atoms with Gasteiger partial charge in [0.05, 0.1) is 17.5 Å². The van der Waals surface area contributed by atoms with Crippen molar-refractivity contribution >= 4 is 12.1 Å². The summed E-state index contributed by atoms with van der Waals surface area (Å²) in [5.74, 6) is -0.330. The van der Waals surface area contributed by atoms with E-state index >= 15 is 0 Å². The smallest absolute Gasteiger partial charge is 0.316 e. The molecule has 0 saturated heterocycles. The van der Waals surface area contributed by atoms with E-state index in [0.29, 0.717) is 11.4 Å². The quantitative estimate of drug-likeness (QED) is 0.687. The van der Waals surface area contributed by atoms with Crippen molar-refractivity contribution in [2.45, 2.75) is 13.1 Å². The lowest BCUT2D eigenvalue weighted by molar-refractivity contribution is -0.137. The zero-order valence-corrected chi connectivity index (χ0v) is 11.1. The second kappa shape index (κ2) is 5.82. The van der Waals surface area contributed by atoms with Gasteiger partial charge in [-0.25, -0.2) is 5.43 Å². The summed E-state index contributed by atoms with van der Waals surface area (Å²) >= 11 is 0. The number of nitrogens with zero attached hydrogens (tertiary/aromatic N) is 2. The largest absolute Gasteiger partial charge is 0.416 e. The van der Waals surface area contributed by atoms with Crippen molar-refractivity contribution in [3.8, 4) is 5.69 Å². The number of halogens is 3. The second-order valence-corrected chi connectivity index (χ2v) is 4.28. The number of amides is 1. The zero-order chi connectivity index (χ0) is 15.5. The van der Waals surface area contributed by atoms with Gasteiger partial charge in [-0.3, -0.25) is 4.79 Å². The number of aromatic nitrogens is 1. The molecular formula is C14H12F3N3O. The second-order valence-electron chi connectivity index (χ2n) is 4.28. The maximum absolute atomic E-state index is 12.7. The minimum Gasteiger partial charge on any atom is -0.316 e. The third-order valence-electron chi connectivity index (χ3n) is 2.65. The van der Waals surface area contributed by atoms with E-state index in [9.17, 15) is 18.0 Å². The maximum Gasteiger partial charge on any atom is 0.416 e. The van der Waals surface area contributed by atoms with E-state index in [0.717, 1.165) is 12.1 Å². The van der Waals surface area contributed by atoms with Crippen LogP contribution < -0.4 is 5.43 Å². The van der Waals surface area contributed by atoms with Crippen LogP contribution in [-0.2, 0) is 11.0 Å². The van der Waals surface area contributed by atoms with Gasteiger partial charge in [-0.1, -0.05) is 6.07 Å². The SMILES string of the molecule is CC(=O)N/N=C\c1cccn1-c1cccc(C(F)(F)F)c1. The number of hydrogen-bond acceptors (Lipinski definition) is 2. The van der Waals surface area contributed by atoms with Crippen molar-refractivity contribution in [2.24, 2.45) is 5.10 Å². The Balaban J connectivity index is 2.33. The number of carbonyl (C=O) groups excluding carboxylic acids is 1. The average molecular weight is 295 g/mol. The first-order valence-corrected chi connectivity index (χ1v) is 6.02. The zero-order valence-electron chi connectivity index (χ0n) is 11.1. The van der Waals surface area contributed by atoms with E-state index in [1.807, 2.05) is 0 Å². The fourth-order valence-corrected chi connectivity index (χ4v) is 1.76. The van der Waals surface area contributed by atoms with Crippen molar-refractivity contribution < 1.29 is 18.0 Å². The molecule has 0 spiro atoms. The molecule has 2 aromatic rings. The average Bonchev–Trinajstić information content (AvgIpc) is 2.86. The van der Waals surface area contributed by atoms with Gasteiger partial charge in [0, 0.05) is 18.8 Å². The van der Waals surface area contributed by atoms with Crippen LogP contribution in [0.25, 0.3) is 5.69 Å². The Morgan fingerprint density at radius 1 is 1.29 bits per heavy atom. The van der Waals surface area contributed by atoms with Crippen LogP contribution in [-0.4, -0.2) is 16.7 Å². The van der Waals surface area contributed by atoms with E-state index in [1.165, 1.54) is 19.2 Å². The van der Waals surface area contributed by atoms with E-state index < -0.39 is 11.7 Å². The Morgan fingerprint density at radius 2 is 2.05 bits per heavy atom. The summed E-state index contributed by atoms with van der Waals surface area (Å²) in [5, 5.41) is 3.70. The number of hydrazone groups is 1. The Hall–Kier alpha value is -2.57. The van der Waals surface area contributed by atoms with Crippen molar-refractivity contribution in [2.75, 3.05) is 0 Å². The van der Waals surface area contributed by atoms with Crippen LogP contribution >= 0.6 is 0 Å². The molecule has 110 valence electrons. The van der Waals surface area contributed by atoms with Gasteiger partial charge in [0.15, 0.2) is 0 Å². The molecule has 7 heteroatoms.